The minimum absolute atomic E-state index is 0.00710. The van der Waals surface area contributed by atoms with E-state index in [1.54, 1.807) is 28.9 Å². The Kier molecular flexibility index (Phi) is 5.59. The van der Waals surface area contributed by atoms with Gasteiger partial charge in [-0.2, -0.15) is 5.10 Å². The molecule has 0 unspecified atom stereocenters. The van der Waals surface area contributed by atoms with E-state index >= 15 is 0 Å². The maximum atomic E-state index is 13.0. The molecule has 0 bridgehead atoms. The van der Waals surface area contributed by atoms with Gasteiger partial charge >= 0.3 is 0 Å². The second-order valence-electron chi connectivity index (χ2n) is 8.36. The summed E-state index contributed by atoms with van der Waals surface area (Å²) in [6.45, 7) is 5.17. The summed E-state index contributed by atoms with van der Waals surface area (Å²) in [6.07, 6.45) is 3.49. The Morgan fingerprint density at radius 2 is 1.72 bits per heavy atom. The van der Waals surface area contributed by atoms with Crippen molar-refractivity contribution >= 4 is 9.84 Å². The number of rotatable bonds is 6. The number of piperazine rings is 1. The van der Waals surface area contributed by atoms with Gasteiger partial charge in [0.2, 0.25) is 0 Å². The first-order valence-electron chi connectivity index (χ1n) is 10.1. The summed E-state index contributed by atoms with van der Waals surface area (Å²) in [5.74, 6) is 0.541. The molecule has 0 atom stereocenters. The van der Waals surface area contributed by atoms with E-state index in [1.807, 2.05) is 6.07 Å². The van der Waals surface area contributed by atoms with Crippen LogP contribution in [0, 0.1) is 5.92 Å². The molecule has 0 N–H and O–H groups in total. The number of likely N-dealkylation sites (N-methyl/N-ethyl adjacent to an activating group) is 1. The number of hydrogen-bond acceptors (Lipinski definition) is 6. The molecule has 1 aromatic carbocycles. The van der Waals surface area contributed by atoms with Gasteiger partial charge in [0.1, 0.15) is 0 Å². The minimum atomic E-state index is -3.24. The molecular formula is C21H28N4O3S. The average Bonchev–Trinajstić information content (AvgIpc) is 3.50. The monoisotopic (exact) mass is 416 g/mol. The first-order chi connectivity index (χ1) is 13.8. The first-order valence-corrected chi connectivity index (χ1v) is 12.0. The maximum Gasteiger partial charge on any atom is 0.271 e. The van der Waals surface area contributed by atoms with Crippen LogP contribution in [0.2, 0.25) is 0 Å². The zero-order valence-corrected chi connectivity index (χ0v) is 17.9. The van der Waals surface area contributed by atoms with Gasteiger partial charge < -0.3 is 4.90 Å². The molecule has 2 fully saturated rings. The number of nitrogens with zero attached hydrogens (tertiary/aromatic N) is 4. The minimum Gasteiger partial charge on any atom is -0.304 e. The highest BCUT2D eigenvalue weighted by molar-refractivity contribution is 7.90. The highest BCUT2D eigenvalue weighted by Crippen LogP contribution is 2.30. The van der Waals surface area contributed by atoms with E-state index in [-0.39, 0.29) is 10.5 Å². The Bertz CT molecular complexity index is 1030. The lowest BCUT2D eigenvalue weighted by Gasteiger charge is -2.32. The van der Waals surface area contributed by atoms with Crippen LogP contribution in [0.1, 0.15) is 18.4 Å². The van der Waals surface area contributed by atoms with Crippen molar-refractivity contribution in [1.82, 2.24) is 19.6 Å². The molecule has 29 heavy (non-hydrogen) atoms. The lowest BCUT2D eigenvalue weighted by molar-refractivity contribution is 0.147. The Balaban J connectivity index is 1.66. The van der Waals surface area contributed by atoms with Crippen LogP contribution >= 0.6 is 0 Å². The molecule has 2 aliphatic rings. The SMILES string of the molecule is CN1CCN(Cc2cc(-c3ccc(S(C)(=O)=O)cc3)nn(CC3CC3)c2=O)CC1. The third kappa shape index (κ3) is 4.94. The van der Waals surface area contributed by atoms with E-state index in [0.717, 1.165) is 55.8 Å². The lowest BCUT2D eigenvalue weighted by atomic mass is 10.1. The second kappa shape index (κ2) is 8.01. The largest absolute Gasteiger partial charge is 0.304 e. The van der Waals surface area contributed by atoms with Crippen molar-refractivity contribution in [2.24, 2.45) is 5.92 Å². The molecule has 0 amide bonds. The molecule has 1 aromatic heterocycles. The highest BCUT2D eigenvalue weighted by atomic mass is 32.2. The number of aromatic nitrogens is 2. The number of benzene rings is 1. The van der Waals surface area contributed by atoms with Crippen molar-refractivity contribution < 1.29 is 8.42 Å². The van der Waals surface area contributed by atoms with Crippen LogP contribution < -0.4 is 5.56 Å². The van der Waals surface area contributed by atoms with Gasteiger partial charge in [0.15, 0.2) is 9.84 Å². The fourth-order valence-corrected chi connectivity index (χ4v) is 4.27. The standard InChI is InChI=1S/C21H28N4O3S/c1-23-9-11-24(12-10-23)15-18-13-20(22-25(21(18)26)14-16-3-4-16)17-5-7-19(8-6-17)29(2,27)28/h5-8,13,16H,3-4,9-12,14-15H2,1-2H3. The van der Waals surface area contributed by atoms with Crippen LogP contribution in [0.25, 0.3) is 11.3 Å². The number of sulfone groups is 1. The Labute approximate surface area is 171 Å². The molecule has 1 aliphatic heterocycles. The van der Waals surface area contributed by atoms with Crippen molar-refractivity contribution in [2.45, 2.75) is 30.8 Å². The van der Waals surface area contributed by atoms with Gasteiger partial charge in [-0.25, -0.2) is 13.1 Å². The van der Waals surface area contributed by atoms with E-state index < -0.39 is 9.84 Å². The fraction of sp³-hybridized carbons (Fsp3) is 0.524. The molecule has 156 valence electrons. The molecule has 1 saturated carbocycles. The zero-order valence-electron chi connectivity index (χ0n) is 17.0. The van der Waals surface area contributed by atoms with E-state index in [0.29, 0.717) is 19.0 Å². The summed E-state index contributed by atoms with van der Waals surface area (Å²) in [6, 6.07) is 8.61. The summed E-state index contributed by atoms with van der Waals surface area (Å²) in [7, 11) is -1.13. The van der Waals surface area contributed by atoms with Crippen LogP contribution in [0.3, 0.4) is 0 Å². The Hall–Kier alpha value is -2.03. The maximum absolute atomic E-state index is 13.0. The first kappa shape index (κ1) is 20.3. The normalized spacial score (nSPS) is 18.8. The predicted molar refractivity (Wildman–Crippen MR) is 113 cm³/mol. The van der Waals surface area contributed by atoms with Gasteiger partial charge in [0.25, 0.3) is 5.56 Å². The van der Waals surface area contributed by atoms with Crippen LogP contribution in [-0.2, 0) is 22.9 Å². The molecule has 7 nitrogen and oxygen atoms in total. The van der Waals surface area contributed by atoms with Crippen LogP contribution in [0.15, 0.2) is 40.0 Å². The summed E-state index contributed by atoms with van der Waals surface area (Å²) < 4.78 is 25.1. The van der Waals surface area contributed by atoms with E-state index in [2.05, 4.69) is 21.9 Å². The predicted octanol–water partition coefficient (Wildman–Crippen LogP) is 1.47. The zero-order chi connectivity index (χ0) is 20.6. The van der Waals surface area contributed by atoms with Gasteiger partial charge in [-0.3, -0.25) is 9.69 Å². The molecule has 0 spiro atoms. The van der Waals surface area contributed by atoms with Gasteiger partial charge in [0, 0.05) is 56.7 Å². The van der Waals surface area contributed by atoms with Crippen molar-refractivity contribution in [1.29, 1.82) is 0 Å². The van der Waals surface area contributed by atoms with Gasteiger partial charge in [-0.05, 0) is 44.0 Å². The molecule has 1 saturated heterocycles. The molecule has 2 aromatic rings. The summed E-state index contributed by atoms with van der Waals surface area (Å²) in [5, 5.41) is 4.61. The summed E-state index contributed by atoms with van der Waals surface area (Å²) in [4.78, 5) is 17.9. The fourth-order valence-electron chi connectivity index (χ4n) is 3.64. The van der Waals surface area contributed by atoms with E-state index in [1.165, 1.54) is 6.26 Å². The van der Waals surface area contributed by atoms with E-state index in [4.69, 9.17) is 0 Å². The molecule has 0 radical (unpaired) electrons. The lowest BCUT2D eigenvalue weighted by Crippen LogP contribution is -2.45. The topological polar surface area (TPSA) is 75.5 Å². The molecule has 2 heterocycles. The molecule has 8 heteroatoms. The molecule has 1 aliphatic carbocycles. The van der Waals surface area contributed by atoms with E-state index in [9.17, 15) is 13.2 Å². The van der Waals surface area contributed by atoms with Gasteiger partial charge in [-0.15, -0.1) is 0 Å². The third-order valence-electron chi connectivity index (χ3n) is 5.74. The van der Waals surface area contributed by atoms with Crippen molar-refractivity contribution in [3.05, 3.63) is 46.2 Å². The number of hydrogen-bond donors (Lipinski definition) is 0. The third-order valence-corrected chi connectivity index (χ3v) is 6.87. The van der Waals surface area contributed by atoms with Crippen LogP contribution in [0.5, 0.6) is 0 Å². The van der Waals surface area contributed by atoms with Crippen molar-refractivity contribution in [2.75, 3.05) is 39.5 Å². The summed E-state index contributed by atoms with van der Waals surface area (Å²) >= 11 is 0. The Morgan fingerprint density at radius 3 is 2.31 bits per heavy atom. The second-order valence-corrected chi connectivity index (χ2v) is 10.4. The van der Waals surface area contributed by atoms with Crippen LogP contribution in [0.4, 0.5) is 0 Å². The van der Waals surface area contributed by atoms with Gasteiger partial charge in [0.05, 0.1) is 10.6 Å². The summed E-state index contributed by atoms with van der Waals surface area (Å²) in [5.41, 5.74) is 2.29. The van der Waals surface area contributed by atoms with Crippen LogP contribution in [-0.4, -0.2) is 67.5 Å². The smallest absolute Gasteiger partial charge is 0.271 e. The average molecular weight is 417 g/mol. The quantitative estimate of drug-likeness (QED) is 0.710. The Morgan fingerprint density at radius 1 is 1.07 bits per heavy atom. The molecule has 4 rings (SSSR count). The van der Waals surface area contributed by atoms with Gasteiger partial charge in [-0.1, -0.05) is 12.1 Å². The molecular weight excluding hydrogens is 388 g/mol. The highest BCUT2D eigenvalue weighted by Gasteiger charge is 2.24. The van der Waals surface area contributed by atoms with Crippen molar-refractivity contribution in [3.8, 4) is 11.3 Å². The van der Waals surface area contributed by atoms with Crippen molar-refractivity contribution in [3.63, 3.8) is 0 Å².